The van der Waals surface area contributed by atoms with Crippen LogP contribution in [0.15, 0.2) is 11.4 Å². The van der Waals surface area contributed by atoms with E-state index >= 15 is 0 Å². The first-order valence-electron chi connectivity index (χ1n) is 5.34. The molecule has 6 heteroatoms. The van der Waals surface area contributed by atoms with Crippen molar-refractivity contribution in [2.75, 3.05) is 18.5 Å². The van der Waals surface area contributed by atoms with Gasteiger partial charge in [0.15, 0.2) is 0 Å². The molecule has 1 aliphatic rings. The van der Waals surface area contributed by atoms with E-state index in [0.29, 0.717) is 18.0 Å². The summed E-state index contributed by atoms with van der Waals surface area (Å²) in [6.07, 6.45) is 1.35. The Morgan fingerprint density at radius 2 is 2.41 bits per heavy atom. The number of carbonyl (C=O) groups is 2. The number of ether oxygens (including phenoxy) is 1. The van der Waals surface area contributed by atoms with Crippen LogP contribution < -0.4 is 5.32 Å². The summed E-state index contributed by atoms with van der Waals surface area (Å²) in [7, 11) is 0. The highest BCUT2D eigenvalue weighted by molar-refractivity contribution is 7.14. The van der Waals surface area contributed by atoms with Crippen LogP contribution in [0.3, 0.4) is 0 Å². The summed E-state index contributed by atoms with van der Waals surface area (Å²) in [4.78, 5) is 22.3. The van der Waals surface area contributed by atoms with Gasteiger partial charge in [0.2, 0.25) is 5.91 Å². The predicted octanol–water partition coefficient (Wildman–Crippen LogP) is 1.81. The highest BCUT2D eigenvalue weighted by Gasteiger charge is 2.19. The third-order valence-corrected chi connectivity index (χ3v) is 3.45. The Hall–Kier alpha value is -1.40. The van der Waals surface area contributed by atoms with Gasteiger partial charge in [-0.1, -0.05) is 0 Å². The van der Waals surface area contributed by atoms with Crippen molar-refractivity contribution in [2.45, 2.75) is 12.8 Å². The van der Waals surface area contributed by atoms with Gasteiger partial charge in [0, 0.05) is 25.0 Å². The fourth-order valence-electron chi connectivity index (χ4n) is 1.71. The molecule has 1 atom stereocenters. The molecule has 1 fully saturated rings. The van der Waals surface area contributed by atoms with Crippen LogP contribution in [-0.4, -0.2) is 30.2 Å². The zero-order chi connectivity index (χ0) is 12.3. The molecule has 1 saturated heterocycles. The smallest absolute Gasteiger partial charge is 0.336 e. The largest absolute Gasteiger partial charge is 0.478 e. The fraction of sp³-hybridized carbons (Fsp3) is 0.455. The van der Waals surface area contributed by atoms with Crippen LogP contribution in [0.5, 0.6) is 0 Å². The molecule has 1 aliphatic heterocycles. The molecule has 0 spiro atoms. The van der Waals surface area contributed by atoms with Gasteiger partial charge in [-0.15, -0.1) is 11.3 Å². The summed E-state index contributed by atoms with van der Waals surface area (Å²) in [5, 5.41) is 13.5. The number of thiophene rings is 1. The first kappa shape index (κ1) is 12.1. The van der Waals surface area contributed by atoms with Gasteiger partial charge in [0.25, 0.3) is 0 Å². The van der Waals surface area contributed by atoms with Gasteiger partial charge in [-0.05, 0) is 18.4 Å². The normalized spacial score (nSPS) is 19.2. The fourth-order valence-corrected chi connectivity index (χ4v) is 2.50. The Morgan fingerprint density at radius 3 is 3.00 bits per heavy atom. The summed E-state index contributed by atoms with van der Waals surface area (Å²) in [5.41, 5.74) is 0.203. The Morgan fingerprint density at radius 1 is 1.59 bits per heavy atom. The predicted molar refractivity (Wildman–Crippen MR) is 63.5 cm³/mol. The average molecular weight is 255 g/mol. The van der Waals surface area contributed by atoms with Crippen molar-refractivity contribution in [1.82, 2.24) is 0 Å². The number of carboxylic acids is 1. The number of carbonyl (C=O) groups excluding carboxylic acids is 1. The van der Waals surface area contributed by atoms with Crippen LogP contribution >= 0.6 is 11.3 Å². The van der Waals surface area contributed by atoms with E-state index in [4.69, 9.17) is 9.84 Å². The summed E-state index contributed by atoms with van der Waals surface area (Å²) < 4.78 is 5.19. The van der Waals surface area contributed by atoms with E-state index in [2.05, 4.69) is 5.32 Å². The number of carboxylic acid groups (broad SMARTS) is 1. The number of nitrogens with one attached hydrogen (secondary N) is 1. The Bertz CT molecular complexity index is 423. The molecule has 2 rings (SSSR count). The van der Waals surface area contributed by atoms with E-state index in [0.717, 1.165) is 13.0 Å². The maximum Gasteiger partial charge on any atom is 0.336 e. The Balaban J connectivity index is 1.86. The topological polar surface area (TPSA) is 75.6 Å². The molecule has 92 valence electrons. The molecular formula is C11H13NO4S. The van der Waals surface area contributed by atoms with Gasteiger partial charge in [-0.3, -0.25) is 4.79 Å². The van der Waals surface area contributed by atoms with E-state index in [1.807, 2.05) is 0 Å². The quantitative estimate of drug-likeness (QED) is 0.860. The minimum Gasteiger partial charge on any atom is -0.478 e. The minimum atomic E-state index is -0.981. The lowest BCUT2D eigenvalue weighted by Crippen LogP contribution is -2.16. The Labute approximate surface area is 102 Å². The van der Waals surface area contributed by atoms with Crippen LogP contribution in [0.1, 0.15) is 23.2 Å². The van der Waals surface area contributed by atoms with Crippen LogP contribution in [0, 0.1) is 5.92 Å². The lowest BCUT2D eigenvalue weighted by atomic mass is 10.1. The zero-order valence-corrected chi connectivity index (χ0v) is 9.96. The van der Waals surface area contributed by atoms with Crippen molar-refractivity contribution in [1.29, 1.82) is 0 Å². The first-order valence-corrected chi connectivity index (χ1v) is 6.22. The van der Waals surface area contributed by atoms with Crippen molar-refractivity contribution < 1.29 is 19.4 Å². The SMILES string of the molecule is O=C(CC1CCOC1)Nc1cc(C(=O)O)cs1. The molecule has 2 heterocycles. The standard InChI is InChI=1S/C11H13NO4S/c13-9(3-7-1-2-16-5-7)12-10-4-8(6-17-10)11(14)15/h4,6-7H,1-3,5H2,(H,12,13)(H,14,15). The van der Waals surface area contributed by atoms with E-state index in [9.17, 15) is 9.59 Å². The van der Waals surface area contributed by atoms with E-state index in [1.165, 1.54) is 22.8 Å². The van der Waals surface area contributed by atoms with Gasteiger partial charge in [0.1, 0.15) is 0 Å². The molecular weight excluding hydrogens is 242 g/mol. The molecule has 0 saturated carbocycles. The third kappa shape index (κ3) is 3.28. The summed E-state index contributed by atoms with van der Waals surface area (Å²) in [5.74, 6) is -0.779. The molecule has 1 aromatic heterocycles. The molecule has 0 aliphatic carbocycles. The lowest BCUT2D eigenvalue weighted by Gasteiger charge is -2.06. The number of hydrogen-bond donors (Lipinski definition) is 2. The van der Waals surface area contributed by atoms with Gasteiger partial charge in [0.05, 0.1) is 10.6 Å². The van der Waals surface area contributed by atoms with Crippen molar-refractivity contribution in [3.05, 3.63) is 17.0 Å². The zero-order valence-electron chi connectivity index (χ0n) is 9.14. The first-order chi connectivity index (χ1) is 8.15. The summed E-state index contributed by atoms with van der Waals surface area (Å²) >= 11 is 1.22. The Kier molecular flexibility index (Phi) is 3.75. The summed E-state index contributed by atoms with van der Waals surface area (Å²) in [6.45, 7) is 1.36. The second kappa shape index (κ2) is 5.29. The second-order valence-corrected chi connectivity index (χ2v) is 4.90. The van der Waals surface area contributed by atoms with Crippen LogP contribution in [0.25, 0.3) is 0 Å². The van der Waals surface area contributed by atoms with E-state index in [-0.39, 0.29) is 17.4 Å². The highest BCUT2D eigenvalue weighted by Crippen LogP contribution is 2.22. The second-order valence-electron chi connectivity index (χ2n) is 3.99. The maximum atomic E-state index is 11.6. The number of hydrogen-bond acceptors (Lipinski definition) is 4. The van der Waals surface area contributed by atoms with Crippen molar-refractivity contribution in [3.63, 3.8) is 0 Å². The van der Waals surface area contributed by atoms with Gasteiger partial charge in [-0.25, -0.2) is 4.79 Å². The van der Waals surface area contributed by atoms with Crippen LogP contribution in [0.2, 0.25) is 0 Å². The van der Waals surface area contributed by atoms with Crippen molar-refractivity contribution in [3.8, 4) is 0 Å². The number of rotatable bonds is 4. The average Bonchev–Trinajstić information content (AvgIpc) is 2.88. The van der Waals surface area contributed by atoms with E-state index in [1.54, 1.807) is 0 Å². The third-order valence-electron chi connectivity index (χ3n) is 2.61. The van der Waals surface area contributed by atoms with Crippen molar-refractivity contribution in [2.24, 2.45) is 5.92 Å². The maximum absolute atomic E-state index is 11.6. The molecule has 0 radical (unpaired) electrons. The number of aromatic carboxylic acids is 1. The molecule has 1 unspecified atom stereocenters. The molecule has 17 heavy (non-hydrogen) atoms. The van der Waals surface area contributed by atoms with Crippen LogP contribution in [-0.2, 0) is 9.53 Å². The molecule has 1 amide bonds. The van der Waals surface area contributed by atoms with Gasteiger partial charge >= 0.3 is 5.97 Å². The molecule has 0 aromatic carbocycles. The molecule has 5 nitrogen and oxygen atoms in total. The van der Waals surface area contributed by atoms with Gasteiger partial charge < -0.3 is 15.2 Å². The number of amides is 1. The van der Waals surface area contributed by atoms with Crippen molar-refractivity contribution >= 4 is 28.2 Å². The molecule has 1 aromatic rings. The summed E-state index contributed by atoms with van der Waals surface area (Å²) in [6, 6.07) is 1.47. The van der Waals surface area contributed by atoms with E-state index < -0.39 is 5.97 Å². The molecule has 0 bridgehead atoms. The van der Waals surface area contributed by atoms with Crippen LogP contribution in [0.4, 0.5) is 5.00 Å². The minimum absolute atomic E-state index is 0.0840. The van der Waals surface area contributed by atoms with Gasteiger partial charge in [-0.2, -0.15) is 0 Å². The highest BCUT2D eigenvalue weighted by atomic mass is 32.1. The monoisotopic (exact) mass is 255 g/mol. The molecule has 2 N–H and O–H groups in total. The lowest BCUT2D eigenvalue weighted by molar-refractivity contribution is -0.117. The number of anilines is 1.